The van der Waals surface area contributed by atoms with E-state index in [2.05, 4.69) is 14.9 Å². The highest BCUT2D eigenvalue weighted by Gasteiger charge is 2.20. The fourth-order valence-electron chi connectivity index (χ4n) is 3.40. The normalized spacial score (nSPS) is 14.0. The number of amides is 1. The first-order valence-corrected chi connectivity index (χ1v) is 12.7. The van der Waals surface area contributed by atoms with Gasteiger partial charge in [-0.05, 0) is 61.9 Å². The molecule has 1 amide bonds. The number of fused-ring (bicyclic) bond motifs is 1. The SMILES string of the molecule is CN(C)[C@H](CNC(=O)c1ccc(NS(=O)(=O)c2ccc3c(c2)OCCO3)cc1)c1cccs1. The molecule has 33 heavy (non-hydrogen) atoms. The Balaban J connectivity index is 1.40. The average molecular weight is 488 g/mol. The van der Waals surface area contributed by atoms with Crippen molar-refractivity contribution in [1.29, 1.82) is 0 Å². The number of nitrogens with one attached hydrogen (secondary N) is 2. The van der Waals surface area contributed by atoms with Crippen molar-refractivity contribution < 1.29 is 22.7 Å². The van der Waals surface area contributed by atoms with E-state index >= 15 is 0 Å². The maximum Gasteiger partial charge on any atom is 0.262 e. The third-order valence-corrected chi connectivity index (χ3v) is 7.53. The Morgan fingerprint density at radius 3 is 2.45 bits per heavy atom. The summed E-state index contributed by atoms with van der Waals surface area (Å²) >= 11 is 1.65. The summed E-state index contributed by atoms with van der Waals surface area (Å²) in [6, 6.07) is 14.9. The van der Waals surface area contributed by atoms with Gasteiger partial charge < -0.3 is 19.7 Å². The van der Waals surface area contributed by atoms with Gasteiger partial charge in [0.15, 0.2) is 11.5 Å². The van der Waals surface area contributed by atoms with Crippen LogP contribution in [0.1, 0.15) is 21.3 Å². The lowest BCUT2D eigenvalue weighted by Gasteiger charge is -2.23. The highest BCUT2D eigenvalue weighted by atomic mass is 32.2. The van der Waals surface area contributed by atoms with Crippen molar-refractivity contribution in [1.82, 2.24) is 10.2 Å². The first kappa shape index (κ1) is 23.1. The molecule has 0 saturated heterocycles. The summed E-state index contributed by atoms with van der Waals surface area (Å²) in [6.45, 7) is 1.27. The number of sulfonamides is 1. The molecule has 0 saturated carbocycles. The van der Waals surface area contributed by atoms with Gasteiger partial charge in [0, 0.05) is 28.7 Å². The van der Waals surface area contributed by atoms with Gasteiger partial charge in [-0.3, -0.25) is 9.52 Å². The molecule has 1 aliphatic heterocycles. The Bertz CT molecular complexity index is 1210. The minimum absolute atomic E-state index is 0.0665. The van der Waals surface area contributed by atoms with E-state index in [-0.39, 0.29) is 16.8 Å². The number of anilines is 1. The van der Waals surface area contributed by atoms with Crippen LogP contribution in [0.15, 0.2) is 64.9 Å². The molecule has 2 N–H and O–H groups in total. The summed E-state index contributed by atoms with van der Waals surface area (Å²) in [4.78, 5) is 15.9. The van der Waals surface area contributed by atoms with Crippen molar-refractivity contribution in [2.75, 3.05) is 38.6 Å². The Kier molecular flexibility index (Phi) is 6.87. The Morgan fingerprint density at radius 2 is 1.79 bits per heavy atom. The highest BCUT2D eigenvalue weighted by Crippen LogP contribution is 2.32. The molecule has 3 aromatic rings. The fraction of sp³-hybridized carbons (Fsp3) is 0.261. The smallest absolute Gasteiger partial charge is 0.262 e. The standard InChI is InChI=1S/C23H25N3O5S2/c1-26(2)19(22-4-3-13-32-22)15-24-23(27)16-5-7-17(8-6-16)25-33(28,29)18-9-10-20-21(14-18)31-12-11-30-20/h3-10,13-14,19,25H,11-12,15H2,1-2H3,(H,24,27)/t19-/m1/s1. The minimum atomic E-state index is -3.83. The van der Waals surface area contributed by atoms with Gasteiger partial charge in [-0.2, -0.15) is 0 Å². The molecule has 0 bridgehead atoms. The van der Waals surface area contributed by atoms with Crippen LogP contribution in [0.25, 0.3) is 0 Å². The van der Waals surface area contributed by atoms with Gasteiger partial charge >= 0.3 is 0 Å². The molecule has 174 valence electrons. The van der Waals surface area contributed by atoms with Crippen LogP contribution in [0.3, 0.4) is 0 Å². The predicted molar refractivity (Wildman–Crippen MR) is 128 cm³/mol. The molecule has 0 radical (unpaired) electrons. The van der Waals surface area contributed by atoms with Gasteiger partial charge in [0.05, 0.1) is 10.9 Å². The first-order chi connectivity index (χ1) is 15.8. The van der Waals surface area contributed by atoms with Gasteiger partial charge in [0.25, 0.3) is 15.9 Å². The summed E-state index contributed by atoms with van der Waals surface area (Å²) in [5, 5.41) is 4.97. The Labute approximate surface area is 197 Å². The minimum Gasteiger partial charge on any atom is -0.486 e. The summed E-state index contributed by atoms with van der Waals surface area (Å²) in [7, 11) is 0.116. The maximum absolute atomic E-state index is 12.8. The zero-order chi connectivity index (χ0) is 23.4. The van der Waals surface area contributed by atoms with Crippen molar-refractivity contribution in [3.63, 3.8) is 0 Å². The molecule has 4 rings (SSSR count). The van der Waals surface area contributed by atoms with Crippen LogP contribution in [0.5, 0.6) is 11.5 Å². The van der Waals surface area contributed by atoms with Gasteiger partial charge in [0.1, 0.15) is 13.2 Å². The second-order valence-electron chi connectivity index (χ2n) is 7.69. The van der Waals surface area contributed by atoms with Crippen LogP contribution in [-0.2, 0) is 10.0 Å². The number of rotatable bonds is 8. The quantitative estimate of drug-likeness (QED) is 0.506. The highest BCUT2D eigenvalue weighted by molar-refractivity contribution is 7.92. The van der Waals surface area contributed by atoms with Gasteiger partial charge in [-0.15, -0.1) is 11.3 Å². The second-order valence-corrected chi connectivity index (χ2v) is 10.4. The fourth-order valence-corrected chi connectivity index (χ4v) is 5.40. The van der Waals surface area contributed by atoms with E-state index in [4.69, 9.17) is 9.47 Å². The number of hydrogen-bond donors (Lipinski definition) is 2. The van der Waals surface area contributed by atoms with E-state index in [1.807, 2.05) is 31.6 Å². The molecule has 1 atom stereocenters. The molecule has 0 unspecified atom stereocenters. The average Bonchev–Trinajstić information content (AvgIpc) is 3.33. The topological polar surface area (TPSA) is 97.0 Å². The van der Waals surface area contributed by atoms with Crippen molar-refractivity contribution in [2.45, 2.75) is 10.9 Å². The van der Waals surface area contributed by atoms with Crippen LogP contribution in [0.4, 0.5) is 5.69 Å². The van der Waals surface area contributed by atoms with Crippen molar-refractivity contribution in [3.8, 4) is 11.5 Å². The molecule has 1 aromatic heterocycles. The zero-order valence-electron chi connectivity index (χ0n) is 18.3. The molecule has 0 aliphatic carbocycles. The molecule has 0 fully saturated rings. The molecule has 2 heterocycles. The number of benzene rings is 2. The molecular formula is C23H25N3O5S2. The second kappa shape index (κ2) is 9.82. The molecule has 1 aliphatic rings. The van der Waals surface area contributed by atoms with Crippen molar-refractivity contribution >= 4 is 33.0 Å². The van der Waals surface area contributed by atoms with E-state index in [1.165, 1.54) is 17.0 Å². The largest absolute Gasteiger partial charge is 0.486 e. The van der Waals surface area contributed by atoms with E-state index < -0.39 is 10.0 Å². The zero-order valence-corrected chi connectivity index (χ0v) is 19.9. The number of hydrogen-bond acceptors (Lipinski definition) is 7. The number of ether oxygens (including phenoxy) is 2. The number of thiophene rings is 1. The molecule has 8 nitrogen and oxygen atoms in total. The summed E-state index contributed by atoms with van der Waals surface area (Å²) in [5.74, 6) is 0.695. The van der Waals surface area contributed by atoms with Gasteiger partial charge in [-0.25, -0.2) is 8.42 Å². The van der Waals surface area contributed by atoms with Crippen LogP contribution >= 0.6 is 11.3 Å². The van der Waals surface area contributed by atoms with Crippen molar-refractivity contribution in [3.05, 3.63) is 70.4 Å². The number of carbonyl (C=O) groups is 1. The van der Waals surface area contributed by atoms with Crippen LogP contribution in [0.2, 0.25) is 0 Å². The first-order valence-electron chi connectivity index (χ1n) is 10.3. The molecular weight excluding hydrogens is 462 g/mol. The van der Waals surface area contributed by atoms with Crippen molar-refractivity contribution in [2.24, 2.45) is 0 Å². The lowest BCUT2D eigenvalue weighted by Crippen LogP contribution is -2.34. The predicted octanol–water partition coefficient (Wildman–Crippen LogP) is 3.35. The van der Waals surface area contributed by atoms with E-state index in [0.717, 1.165) is 0 Å². The van der Waals surface area contributed by atoms with E-state index in [1.54, 1.807) is 41.7 Å². The summed E-state index contributed by atoms with van der Waals surface area (Å²) in [5.41, 5.74) is 0.798. The maximum atomic E-state index is 12.8. The number of carbonyl (C=O) groups excluding carboxylic acids is 1. The monoisotopic (exact) mass is 487 g/mol. The van der Waals surface area contributed by atoms with Gasteiger partial charge in [0.2, 0.25) is 0 Å². The van der Waals surface area contributed by atoms with Crippen LogP contribution in [0, 0.1) is 0 Å². The number of likely N-dealkylation sites (N-methyl/N-ethyl adjacent to an activating group) is 1. The van der Waals surface area contributed by atoms with E-state index in [0.29, 0.717) is 42.5 Å². The summed E-state index contributed by atoms with van der Waals surface area (Å²) < 4.78 is 39.0. The molecule has 0 spiro atoms. The van der Waals surface area contributed by atoms with E-state index in [9.17, 15) is 13.2 Å². The Morgan fingerprint density at radius 1 is 1.06 bits per heavy atom. The third-order valence-electron chi connectivity index (χ3n) is 5.17. The third kappa shape index (κ3) is 5.47. The summed E-state index contributed by atoms with van der Waals surface area (Å²) in [6.07, 6.45) is 0. The van der Waals surface area contributed by atoms with Crippen LogP contribution < -0.4 is 19.5 Å². The Hall–Kier alpha value is -3.08. The van der Waals surface area contributed by atoms with Crippen LogP contribution in [-0.4, -0.2) is 53.1 Å². The van der Waals surface area contributed by atoms with Gasteiger partial charge in [-0.1, -0.05) is 6.07 Å². The lowest BCUT2D eigenvalue weighted by atomic mass is 10.1. The number of nitrogens with zero attached hydrogens (tertiary/aromatic N) is 1. The molecule has 2 aromatic carbocycles. The molecule has 10 heteroatoms. The lowest BCUT2D eigenvalue weighted by molar-refractivity contribution is 0.0942.